The molecule has 0 aromatic heterocycles. The lowest BCUT2D eigenvalue weighted by atomic mass is 9.90. The summed E-state index contributed by atoms with van der Waals surface area (Å²) in [5.41, 5.74) is 6.43. The van der Waals surface area contributed by atoms with Gasteiger partial charge in [0, 0.05) is 25.2 Å². The Morgan fingerprint density at radius 1 is 1.38 bits per heavy atom. The van der Waals surface area contributed by atoms with Gasteiger partial charge in [0.15, 0.2) is 0 Å². The molecule has 1 fully saturated rings. The van der Waals surface area contributed by atoms with Gasteiger partial charge in [-0.2, -0.15) is 0 Å². The van der Waals surface area contributed by atoms with E-state index in [0.29, 0.717) is 29.5 Å². The molecule has 1 aliphatic rings. The molecule has 2 atom stereocenters. The number of likely N-dealkylation sites (tertiary alicyclic amines) is 1. The van der Waals surface area contributed by atoms with Crippen LogP contribution in [-0.2, 0) is 0 Å². The van der Waals surface area contributed by atoms with Gasteiger partial charge in [0.1, 0.15) is 11.5 Å². The van der Waals surface area contributed by atoms with Crippen molar-refractivity contribution in [2.75, 3.05) is 27.3 Å². The number of piperidine rings is 1. The zero-order valence-corrected chi connectivity index (χ0v) is 13.0. The predicted octanol–water partition coefficient (Wildman–Crippen LogP) is 1.90. The van der Waals surface area contributed by atoms with E-state index in [9.17, 15) is 4.79 Å². The third kappa shape index (κ3) is 3.13. The molecule has 0 aliphatic carbocycles. The minimum atomic E-state index is -0.0171. The molecule has 2 N–H and O–H groups in total. The molecule has 21 heavy (non-hydrogen) atoms. The number of amides is 1. The van der Waals surface area contributed by atoms with Gasteiger partial charge >= 0.3 is 0 Å². The summed E-state index contributed by atoms with van der Waals surface area (Å²) in [6.07, 6.45) is 2.13. The molecule has 0 spiro atoms. The number of hydrogen-bond acceptors (Lipinski definition) is 4. The molecule has 1 amide bonds. The molecule has 0 radical (unpaired) electrons. The average Bonchev–Trinajstić information content (AvgIpc) is 2.53. The van der Waals surface area contributed by atoms with E-state index in [-0.39, 0.29) is 11.9 Å². The molecule has 0 saturated carbocycles. The van der Waals surface area contributed by atoms with Crippen LogP contribution in [0.15, 0.2) is 18.2 Å². The van der Waals surface area contributed by atoms with Crippen LogP contribution >= 0.6 is 0 Å². The summed E-state index contributed by atoms with van der Waals surface area (Å²) in [4.78, 5) is 14.7. The smallest absolute Gasteiger partial charge is 0.257 e. The minimum absolute atomic E-state index is 0.0171. The van der Waals surface area contributed by atoms with E-state index in [1.165, 1.54) is 0 Å². The van der Waals surface area contributed by atoms with Gasteiger partial charge in [-0.1, -0.05) is 6.92 Å². The van der Waals surface area contributed by atoms with Crippen molar-refractivity contribution >= 4 is 5.91 Å². The highest BCUT2D eigenvalue weighted by molar-refractivity contribution is 5.97. The zero-order valence-electron chi connectivity index (χ0n) is 13.0. The van der Waals surface area contributed by atoms with Crippen LogP contribution in [0.3, 0.4) is 0 Å². The van der Waals surface area contributed by atoms with E-state index in [0.717, 1.165) is 19.4 Å². The fourth-order valence-corrected chi connectivity index (χ4v) is 2.99. The number of ether oxygens (including phenoxy) is 2. The number of benzene rings is 1. The van der Waals surface area contributed by atoms with E-state index in [2.05, 4.69) is 6.92 Å². The van der Waals surface area contributed by atoms with Crippen molar-refractivity contribution in [1.82, 2.24) is 4.90 Å². The average molecular weight is 292 g/mol. The van der Waals surface area contributed by atoms with Crippen molar-refractivity contribution in [1.29, 1.82) is 0 Å². The maximum Gasteiger partial charge on any atom is 0.257 e. The van der Waals surface area contributed by atoms with Crippen molar-refractivity contribution in [2.45, 2.75) is 25.8 Å². The van der Waals surface area contributed by atoms with Gasteiger partial charge in [-0.15, -0.1) is 0 Å². The maximum atomic E-state index is 12.8. The fraction of sp³-hybridized carbons (Fsp3) is 0.562. The van der Waals surface area contributed by atoms with Gasteiger partial charge in [-0.05, 0) is 30.9 Å². The van der Waals surface area contributed by atoms with E-state index < -0.39 is 0 Å². The molecule has 1 aromatic rings. The van der Waals surface area contributed by atoms with Crippen LogP contribution in [0.5, 0.6) is 11.5 Å². The predicted molar refractivity (Wildman–Crippen MR) is 81.8 cm³/mol. The van der Waals surface area contributed by atoms with Gasteiger partial charge in [-0.3, -0.25) is 4.79 Å². The Bertz CT molecular complexity index is 504. The van der Waals surface area contributed by atoms with Crippen LogP contribution in [0.2, 0.25) is 0 Å². The summed E-state index contributed by atoms with van der Waals surface area (Å²) in [6.45, 7) is 3.40. The van der Waals surface area contributed by atoms with Crippen molar-refractivity contribution in [3.05, 3.63) is 23.8 Å². The van der Waals surface area contributed by atoms with Crippen molar-refractivity contribution < 1.29 is 14.3 Å². The molecule has 5 nitrogen and oxygen atoms in total. The van der Waals surface area contributed by atoms with Crippen molar-refractivity contribution in [3.8, 4) is 11.5 Å². The third-order valence-corrected chi connectivity index (χ3v) is 4.26. The standard InChI is InChI=1S/C16H24N2O3/c1-11-5-4-8-18(14(11)10-17)16(19)13-7-6-12(20-2)9-15(13)21-3/h6-7,9,11,14H,4-5,8,10,17H2,1-3H3/t11-,14+/m0/s1. The Labute approximate surface area is 126 Å². The van der Waals surface area contributed by atoms with Crippen LogP contribution < -0.4 is 15.2 Å². The third-order valence-electron chi connectivity index (χ3n) is 4.26. The number of nitrogens with zero attached hydrogens (tertiary/aromatic N) is 1. The number of carbonyl (C=O) groups is 1. The Morgan fingerprint density at radius 3 is 2.76 bits per heavy atom. The number of carbonyl (C=O) groups excluding carboxylic acids is 1. The quantitative estimate of drug-likeness (QED) is 0.920. The summed E-state index contributed by atoms with van der Waals surface area (Å²) in [6, 6.07) is 5.36. The van der Waals surface area contributed by atoms with E-state index >= 15 is 0 Å². The van der Waals surface area contributed by atoms with Crippen LogP contribution in [0.25, 0.3) is 0 Å². The van der Waals surface area contributed by atoms with Crippen LogP contribution in [-0.4, -0.2) is 44.2 Å². The highest BCUT2D eigenvalue weighted by Gasteiger charge is 2.32. The van der Waals surface area contributed by atoms with Crippen LogP contribution in [0.4, 0.5) is 0 Å². The van der Waals surface area contributed by atoms with Gasteiger partial charge in [-0.25, -0.2) is 0 Å². The second-order valence-electron chi connectivity index (χ2n) is 5.49. The molecule has 116 valence electrons. The zero-order chi connectivity index (χ0) is 15.4. The Balaban J connectivity index is 2.30. The first-order valence-electron chi connectivity index (χ1n) is 7.35. The topological polar surface area (TPSA) is 64.8 Å². The van der Waals surface area contributed by atoms with E-state index in [4.69, 9.17) is 15.2 Å². The number of rotatable bonds is 4. The molecule has 5 heteroatoms. The first-order chi connectivity index (χ1) is 10.1. The first kappa shape index (κ1) is 15.6. The Hall–Kier alpha value is -1.75. The largest absolute Gasteiger partial charge is 0.497 e. The molecule has 1 aliphatic heterocycles. The van der Waals surface area contributed by atoms with Gasteiger partial charge < -0.3 is 20.1 Å². The molecule has 1 aromatic carbocycles. The Kier molecular flexibility index (Phi) is 5.07. The van der Waals surface area contributed by atoms with E-state index in [1.54, 1.807) is 32.4 Å². The van der Waals surface area contributed by atoms with Crippen molar-refractivity contribution in [2.24, 2.45) is 11.7 Å². The summed E-state index contributed by atoms with van der Waals surface area (Å²) < 4.78 is 10.5. The van der Waals surface area contributed by atoms with Crippen LogP contribution in [0.1, 0.15) is 30.1 Å². The molecular weight excluding hydrogens is 268 g/mol. The fourth-order valence-electron chi connectivity index (χ4n) is 2.99. The molecule has 0 bridgehead atoms. The number of hydrogen-bond donors (Lipinski definition) is 1. The lowest BCUT2D eigenvalue weighted by Crippen LogP contribution is -2.51. The molecular formula is C16H24N2O3. The van der Waals surface area contributed by atoms with Gasteiger partial charge in [0.2, 0.25) is 0 Å². The summed E-state index contributed by atoms with van der Waals surface area (Å²) in [7, 11) is 3.15. The number of methoxy groups -OCH3 is 2. The Morgan fingerprint density at radius 2 is 2.14 bits per heavy atom. The van der Waals surface area contributed by atoms with E-state index in [1.807, 2.05) is 4.90 Å². The highest BCUT2D eigenvalue weighted by atomic mass is 16.5. The lowest BCUT2D eigenvalue weighted by molar-refractivity contribution is 0.0529. The SMILES string of the molecule is COc1ccc(C(=O)N2CCC[C@H](C)[C@H]2CN)c(OC)c1. The summed E-state index contributed by atoms with van der Waals surface area (Å²) in [5, 5.41) is 0. The van der Waals surface area contributed by atoms with Crippen LogP contribution in [0, 0.1) is 5.92 Å². The summed E-state index contributed by atoms with van der Waals surface area (Å²) >= 11 is 0. The normalized spacial score (nSPS) is 22.0. The van der Waals surface area contributed by atoms with Crippen molar-refractivity contribution in [3.63, 3.8) is 0 Å². The first-order valence-corrected chi connectivity index (χ1v) is 7.35. The number of nitrogens with two attached hydrogens (primary N) is 1. The molecule has 1 heterocycles. The second kappa shape index (κ2) is 6.80. The summed E-state index contributed by atoms with van der Waals surface area (Å²) in [5.74, 6) is 1.62. The second-order valence-corrected chi connectivity index (χ2v) is 5.49. The van der Waals surface area contributed by atoms with Gasteiger partial charge in [0.05, 0.1) is 19.8 Å². The monoisotopic (exact) mass is 292 g/mol. The maximum absolute atomic E-state index is 12.8. The van der Waals surface area contributed by atoms with Gasteiger partial charge in [0.25, 0.3) is 5.91 Å². The molecule has 2 rings (SSSR count). The molecule has 0 unspecified atom stereocenters. The molecule has 1 saturated heterocycles. The highest BCUT2D eigenvalue weighted by Crippen LogP contribution is 2.29. The minimum Gasteiger partial charge on any atom is -0.497 e. The lowest BCUT2D eigenvalue weighted by Gasteiger charge is -2.39.